The second-order valence-corrected chi connectivity index (χ2v) is 6.24. The van der Waals surface area contributed by atoms with Crippen molar-refractivity contribution in [1.29, 1.82) is 0 Å². The Morgan fingerprint density at radius 2 is 1.91 bits per heavy atom. The van der Waals surface area contributed by atoms with Crippen LogP contribution >= 0.6 is 11.6 Å². The van der Waals surface area contributed by atoms with Gasteiger partial charge in [0.25, 0.3) is 0 Å². The highest BCUT2D eigenvalue weighted by atomic mass is 35.5. The number of halogens is 1. The molecular weight excluding hydrogens is 312 g/mol. The molecule has 2 aromatic carbocycles. The van der Waals surface area contributed by atoms with Gasteiger partial charge < -0.3 is 14.5 Å². The fourth-order valence-electron chi connectivity index (χ4n) is 3.24. The van der Waals surface area contributed by atoms with Crippen molar-refractivity contribution in [2.75, 3.05) is 36.0 Å². The van der Waals surface area contributed by atoms with Crippen molar-refractivity contribution in [2.45, 2.75) is 6.42 Å². The van der Waals surface area contributed by atoms with Gasteiger partial charge in [0.2, 0.25) is 5.91 Å². The number of nitrogens with zero attached hydrogens (tertiary/aromatic N) is 2. The summed E-state index contributed by atoms with van der Waals surface area (Å²) < 4.78 is 5.74. The van der Waals surface area contributed by atoms with Gasteiger partial charge in [-0.25, -0.2) is 0 Å². The van der Waals surface area contributed by atoms with Crippen LogP contribution in [0.2, 0.25) is 5.02 Å². The van der Waals surface area contributed by atoms with Crippen LogP contribution < -0.4 is 14.5 Å². The lowest BCUT2D eigenvalue weighted by Crippen LogP contribution is -2.47. The quantitative estimate of drug-likeness (QED) is 0.849. The third-order valence-electron chi connectivity index (χ3n) is 4.37. The normalized spacial score (nSPS) is 15.9. The Morgan fingerprint density at radius 3 is 2.74 bits per heavy atom. The maximum absolute atomic E-state index is 12.8. The first-order valence-corrected chi connectivity index (χ1v) is 8.16. The number of ether oxygens (including phenoxy) is 1. The standard InChI is InChI=1S/C18H17ClN2O2/c19-14-6-4-13(5-7-14)12-17(22)21-9-8-20-10-11-23-16-3-1-2-15(21)18(16)20/h1-7H,8-12H2. The van der Waals surface area contributed by atoms with E-state index in [0.29, 0.717) is 24.6 Å². The molecule has 1 amide bonds. The lowest BCUT2D eigenvalue weighted by Gasteiger charge is -2.41. The summed E-state index contributed by atoms with van der Waals surface area (Å²) in [6, 6.07) is 13.4. The Kier molecular flexibility index (Phi) is 3.62. The highest BCUT2D eigenvalue weighted by Crippen LogP contribution is 2.42. The van der Waals surface area contributed by atoms with Gasteiger partial charge in [-0.3, -0.25) is 4.79 Å². The molecule has 0 atom stereocenters. The van der Waals surface area contributed by atoms with E-state index in [2.05, 4.69) is 4.90 Å². The average Bonchev–Trinajstić information content (AvgIpc) is 2.58. The van der Waals surface area contributed by atoms with E-state index in [0.717, 1.165) is 35.8 Å². The van der Waals surface area contributed by atoms with E-state index in [9.17, 15) is 4.79 Å². The molecule has 2 aliphatic heterocycles. The van der Waals surface area contributed by atoms with Gasteiger partial charge in [0, 0.05) is 18.1 Å². The molecule has 0 aliphatic carbocycles. The summed E-state index contributed by atoms with van der Waals surface area (Å²) in [6.45, 7) is 3.14. The van der Waals surface area contributed by atoms with Crippen molar-refractivity contribution >= 4 is 28.9 Å². The molecule has 2 aromatic rings. The molecule has 0 saturated carbocycles. The van der Waals surface area contributed by atoms with Crippen LogP contribution in [0.1, 0.15) is 5.56 Å². The molecule has 4 rings (SSSR count). The van der Waals surface area contributed by atoms with Crippen LogP contribution in [0, 0.1) is 0 Å². The molecule has 118 valence electrons. The number of hydrogen-bond acceptors (Lipinski definition) is 3. The van der Waals surface area contributed by atoms with Gasteiger partial charge in [-0.05, 0) is 29.8 Å². The average molecular weight is 329 g/mol. The number of hydrogen-bond donors (Lipinski definition) is 0. The zero-order valence-corrected chi connectivity index (χ0v) is 13.4. The molecule has 0 N–H and O–H groups in total. The first-order chi connectivity index (χ1) is 11.2. The predicted molar refractivity (Wildman–Crippen MR) is 91.7 cm³/mol. The van der Waals surface area contributed by atoms with E-state index in [1.165, 1.54) is 0 Å². The van der Waals surface area contributed by atoms with Crippen molar-refractivity contribution in [2.24, 2.45) is 0 Å². The van der Waals surface area contributed by atoms with Crippen LogP contribution in [-0.4, -0.2) is 32.1 Å². The first-order valence-electron chi connectivity index (χ1n) is 7.78. The summed E-state index contributed by atoms with van der Waals surface area (Å²) in [6.07, 6.45) is 0.377. The highest BCUT2D eigenvalue weighted by molar-refractivity contribution is 6.30. The lowest BCUT2D eigenvalue weighted by molar-refractivity contribution is -0.118. The van der Waals surface area contributed by atoms with Crippen LogP contribution in [0.25, 0.3) is 0 Å². The smallest absolute Gasteiger partial charge is 0.231 e. The van der Waals surface area contributed by atoms with E-state index < -0.39 is 0 Å². The van der Waals surface area contributed by atoms with Gasteiger partial charge in [0.1, 0.15) is 18.0 Å². The third-order valence-corrected chi connectivity index (χ3v) is 4.62. The summed E-state index contributed by atoms with van der Waals surface area (Å²) in [4.78, 5) is 17.0. The summed E-state index contributed by atoms with van der Waals surface area (Å²) in [7, 11) is 0. The van der Waals surface area contributed by atoms with Gasteiger partial charge in [-0.15, -0.1) is 0 Å². The molecule has 0 radical (unpaired) electrons. The Labute approximate surface area is 140 Å². The molecule has 5 heteroatoms. The monoisotopic (exact) mass is 328 g/mol. The summed E-state index contributed by atoms with van der Waals surface area (Å²) in [5, 5.41) is 0.684. The second kappa shape index (κ2) is 5.78. The fraction of sp³-hybridized carbons (Fsp3) is 0.278. The zero-order valence-electron chi connectivity index (χ0n) is 12.7. The Hall–Kier alpha value is -2.20. The van der Waals surface area contributed by atoms with Crippen LogP contribution in [0.5, 0.6) is 5.75 Å². The summed E-state index contributed by atoms with van der Waals surface area (Å²) in [5.41, 5.74) is 2.98. The number of anilines is 2. The van der Waals surface area contributed by atoms with E-state index in [4.69, 9.17) is 16.3 Å². The van der Waals surface area contributed by atoms with Crippen molar-refractivity contribution in [3.05, 3.63) is 53.1 Å². The van der Waals surface area contributed by atoms with E-state index in [1.54, 1.807) is 0 Å². The maximum Gasteiger partial charge on any atom is 0.231 e. The van der Waals surface area contributed by atoms with Crippen LogP contribution in [-0.2, 0) is 11.2 Å². The molecule has 2 aliphatic rings. The van der Waals surface area contributed by atoms with Crippen LogP contribution in [0.15, 0.2) is 42.5 Å². The second-order valence-electron chi connectivity index (χ2n) is 5.81. The molecule has 4 nitrogen and oxygen atoms in total. The molecule has 0 fully saturated rings. The highest BCUT2D eigenvalue weighted by Gasteiger charge is 2.31. The lowest BCUT2D eigenvalue weighted by atomic mass is 10.1. The SMILES string of the molecule is O=C(Cc1ccc(Cl)cc1)N1CCN2CCOc3cccc1c32. The van der Waals surface area contributed by atoms with Gasteiger partial charge >= 0.3 is 0 Å². The minimum atomic E-state index is 0.103. The molecular formula is C18H17ClN2O2. The van der Waals surface area contributed by atoms with Crippen LogP contribution in [0.3, 0.4) is 0 Å². The van der Waals surface area contributed by atoms with Crippen LogP contribution in [0.4, 0.5) is 11.4 Å². The Bertz CT molecular complexity index is 745. The third kappa shape index (κ3) is 2.63. The van der Waals surface area contributed by atoms with Gasteiger partial charge in [0.05, 0.1) is 18.7 Å². The molecule has 0 aromatic heterocycles. The largest absolute Gasteiger partial charge is 0.489 e. The minimum absolute atomic E-state index is 0.103. The van der Waals surface area contributed by atoms with Crippen molar-refractivity contribution in [1.82, 2.24) is 0 Å². The van der Waals surface area contributed by atoms with Gasteiger partial charge in [0.15, 0.2) is 0 Å². The molecule has 23 heavy (non-hydrogen) atoms. The van der Waals surface area contributed by atoms with E-state index in [-0.39, 0.29) is 5.91 Å². The predicted octanol–water partition coefficient (Wildman–Crippen LogP) is 3.13. The number of carbonyl (C=O) groups is 1. The summed E-state index contributed by atoms with van der Waals surface area (Å²) >= 11 is 5.90. The zero-order chi connectivity index (χ0) is 15.8. The van der Waals surface area contributed by atoms with Gasteiger partial charge in [-0.1, -0.05) is 29.8 Å². The molecule has 0 unspecified atom stereocenters. The van der Waals surface area contributed by atoms with E-state index in [1.807, 2.05) is 47.4 Å². The van der Waals surface area contributed by atoms with E-state index >= 15 is 0 Å². The fourth-order valence-corrected chi connectivity index (χ4v) is 3.36. The molecule has 0 saturated heterocycles. The number of para-hydroxylation sites is 1. The first kappa shape index (κ1) is 14.4. The maximum atomic E-state index is 12.8. The number of carbonyl (C=O) groups excluding carboxylic acids is 1. The number of amides is 1. The minimum Gasteiger partial charge on any atom is -0.489 e. The molecule has 0 spiro atoms. The van der Waals surface area contributed by atoms with Crippen molar-refractivity contribution in [3.63, 3.8) is 0 Å². The number of rotatable bonds is 2. The molecule has 2 heterocycles. The van der Waals surface area contributed by atoms with Gasteiger partial charge in [-0.2, -0.15) is 0 Å². The molecule has 0 bridgehead atoms. The topological polar surface area (TPSA) is 32.8 Å². The van der Waals surface area contributed by atoms with Crippen molar-refractivity contribution in [3.8, 4) is 5.75 Å². The number of benzene rings is 2. The van der Waals surface area contributed by atoms with Crippen molar-refractivity contribution < 1.29 is 9.53 Å². The Morgan fingerprint density at radius 1 is 1.09 bits per heavy atom. The Balaban J connectivity index is 1.62. The summed E-state index contributed by atoms with van der Waals surface area (Å²) in [5.74, 6) is 0.976.